The number of rotatable bonds is 6. The van der Waals surface area contributed by atoms with Gasteiger partial charge in [-0.15, -0.1) is 0 Å². The largest absolute Gasteiger partial charge is 0.494 e. The van der Waals surface area contributed by atoms with E-state index in [4.69, 9.17) is 4.74 Å². The van der Waals surface area contributed by atoms with Crippen molar-refractivity contribution in [3.63, 3.8) is 0 Å². The van der Waals surface area contributed by atoms with Crippen molar-refractivity contribution in [3.8, 4) is 5.75 Å². The van der Waals surface area contributed by atoms with Crippen LogP contribution in [0, 0.1) is 11.8 Å². The highest BCUT2D eigenvalue weighted by Gasteiger charge is 2.27. The molecule has 4 nitrogen and oxygen atoms in total. The lowest BCUT2D eigenvalue weighted by Gasteiger charge is -2.11. The minimum atomic E-state index is -0.119. The third-order valence-electron chi connectivity index (χ3n) is 4.61. The van der Waals surface area contributed by atoms with Gasteiger partial charge in [-0.25, -0.2) is 0 Å². The summed E-state index contributed by atoms with van der Waals surface area (Å²) < 4.78 is 5.40. The highest BCUT2D eigenvalue weighted by Crippen LogP contribution is 2.32. The molecule has 2 unspecified atom stereocenters. The van der Waals surface area contributed by atoms with E-state index in [-0.39, 0.29) is 17.5 Å². The smallest absolute Gasteiger partial charge is 0.163 e. The Kier molecular flexibility index (Phi) is 5.69. The Morgan fingerprint density at radius 3 is 2.70 bits per heavy atom. The molecule has 1 aromatic carbocycles. The summed E-state index contributed by atoms with van der Waals surface area (Å²) in [6, 6.07) is 5.37. The summed E-state index contributed by atoms with van der Waals surface area (Å²) in [6.07, 6.45) is 2.80. The van der Waals surface area contributed by atoms with Crippen LogP contribution in [-0.2, 0) is 4.79 Å². The van der Waals surface area contributed by atoms with Gasteiger partial charge in [-0.3, -0.25) is 14.6 Å². The van der Waals surface area contributed by atoms with Crippen molar-refractivity contribution in [2.75, 3.05) is 7.11 Å². The summed E-state index contributed by atoms with van der Waals surface area (Å²) in [5.74, 6) is 1.20. The summed E-state index contributed by atoms with van der Waals surface area (Å²) >= 11 is 0. The summed E-state index contributed by atoms with van der Waals surface area (Å²) in [5, 5.41) is 0. The second kappa shape index (κ2) is 7.53. The molecule has 0 spiro atoms. The average molecular weight is 315 g/mol. The molecule has 0 N–H and O–H groups in total. The molecule has 23 heavy (non-hydrogen) atoms. The van der Waals surface area contributed by atoms with Crippen molar-refractivity contribution >= 4 is 23.0 Å². The fourth-order valence-electron chi connectivity index (χ4n) is 2.70. The fraction of sp³-hybridized carbons (Fsp3) is 0.526. The van der Waals surface area contributed by atoms with E-state index < -0.39 is 0 Å². The van der Waals surface area contributed by atoms with Gasteiger partial charge >= 0.3 is 0 Å². The predicted octanol–water partition coefficient (Wildman–Crippen LogP) is 4.39. The molecule has 4 heteroatoms. The van der Waals surface area contributed by atoms with E-state index in [1.807, 2.05) is 13.0 Å². The van der Waals surface area contributed by atoms with E-state index in [0.29, 0.717) is 42.2 Å². The molecule has 1 fully saturated rings. The molecular formula is C19H25NO3. The van der Waals surface area contributed by atoms with Crippen LogP contribution in [0.1, 0.15) is 56.8 Å². The van der Waals surface area contributed by atoms with Crippen molar-refractivity contribution < 1.29 is 14.3 Å². The van der Waals surface area contributed by atoms with E-state index in [9.17, 15) is 9.59 Å². The second-order valence-electron chi connectivity index (χ2n) is 6.32. The number of benzene rings is 1. The highest BCUT2D eigenvalue weighted by molar-refractivity contribution is 6.11. The minimum absolute atomic E-state index is 0.119. The zero-order valence-electron chi connectivity index (χ0n) is 14.4. The Balaban J connectivity index is 2.25. The molecular weight excluding hydrogens is 290 g/mol. The van der Waals surface area contributed by atoms with Crippen molar-refractivity contribution in [2.45, 2.75) is 46.5 Å². The standard InChI is InChI=1S/C19H25NO3/c1-5-12(2)10-18(22)14-6-7-16(19(11-14)23-4)20-15-8-9-17(21)13(15)3/h6-7,11-13H,5,8-10H2,1-4H3. The summed E-state index contributed by atoms with van der Waals surface area (Å²) in [4.78, 5) is 28.5. The Bertz CT molecular complexity index is 634. The second-order valence-corrected chi connectivity index (χ2v) is 6.32. The number of ketones is 2. The lowest BCUT2D eigenvalue weighted by Crippen LogP contribution is -2.09. The molecule has 0 saturated heterocycles. The van der Waals surface area contributed by atoms with E-state index in [1.54, 1.807) is 19.2 Å². The number of nitrogens with zero attached hydrogens (tertiary/aromatic N) is 1. The monoisotopic (exact) mass is 315 g/mol. The number of hydrogen-bond acceptors (Lipinski definition) is 4. The molecule has 1 aliphatic carbocycles. The zero-order valence-corrected chi connectivity index (χ0v) is 14.4. The van der Waals surface area contributed by atoms with Crippen molar-refractivity contribution in [1.82, 2.24) is 0 Å². The van der Waals surface area contributed by atoms with Gasteiger partial charge in [0, 0.05) is 24.1 Å². The number of carbonyl (C=O) groups is 2. The van der Waals surface area contributed by atoms with Crippen LogP contribution in [-0.4, -0.2) is 24.4 Å². The van der Waals surface area contributed by atoms with E-state index in [0.717, 1.165) is 12.1 Å². The van der Waals surface area contributed by atoms with Crippen molar-refractivity contribution in [2.24, 2.45) is 16.8 Å². The van der Waals surface area contributed by atoms with Crippen LogP contribution in [0.2, 0.25) is 0 Å². The Morgan fingerprint density at radius 1 is 1.39 bits per heavy atom. The quantitative estimate of drug-likeness (QED) is 0.732. The number of hydrogen-bond donors (Lipinski definition) is 0. The summed E-state index contributed by atoms with van der Waals surface area (Å²) in [5.41, 5.74) is 2.23. The molecule has 0 bridgehead atoms. The van der Waals surface area contributed by atoms with Gasteiger partial charge in [0.25, 0.3) is 0 Å². The Morgan fingerprint density at radius 2 is 2.13 bits per heavy atom. The molecule has 1 aliphatic rings. The van der Waals surface area contributed by atoms with E-state index >= 15 is 0 Å². The fourth-order valence-corrected chi connectivity index (χ4v) is 2.70. The predicted molar refractivity (Wildman–Crippen MR) is 91.9 cm³/mol. The maximum Gasteiger partial charge on any atom is 0.163 e. The van der Waals surface area contributed by atoms with Crippen LogP contribution in [0.25, 0.3) is 0 Å². The molecule has 1 saturated carbocycles. The number of carbonyl (C=O) groups excluding carboxylic acids is 2. The molecule has 0 heterocycles. The van der Waals surface area contributed by atoms with E-state index in [1.165, 1.54) is 0 Å². The SMILES string of the molecule is CCC(C)CC(=O)c1ccc(N=C2CCC(=O)C2C)c(OC)c1. The molecule has 2 rings (SSSR count). The third-order valence-corrected chi connectivity index (χ3v) is 4.61. The zero-order chi connectivity index (χ0) is 17.0. The first kappa shape index (κ1) is 17.4. The molecule has 0 aromatic heterocycles. The lowest BCUT2D eigenvalue weighted by molar-refractivity contribution is -0.119. The molecule has 2 atom stereocenters. The normalized spacial score (nSPS) is 20.8. The number of Topliss-reactive ketones (excluding diaryl/α,β-unsaturated/α-hetero) is 2. The molecule has 0 aliphatic heterocycles. The number of aliphatic imine (C=N–C) groups is 1. The molecule has 1 aromatic rings. The van der Waals surface area contributed by atoms with Crippen LogP contribution in [0.3, 0.4) is 0 Å². The van der Waals surface area contributed by atoms with Crippen LogP contribution < -0.4 is 4.74 Å². The van der Waals surface area contributed by atoms with Gasteiger partial charge < -0.3 is 4.74 Å². The topological polar surface area (TPSA) is 55.7 Å². The molecule has 0 amide bonds. The minimum Gasteiger partial charge on any atom is -0.494 e. The van der Waals surface area contributed by atoms with Crippen LogP contribution >= 0.6 is 0 Å². The van der Waals surface area contributed by atoms with Gasteiger partial charge in [0.15, 0.2) is 5.78 Å². The van der Waals surface area contributed by atoms with Crippen molar-refractivity contribution in [1.29, 1.82) is 0 Å². The number of methoxy groups -OCH3 is 1. The summed E-state index contributed by atoms with van der Waals surface area (Å²) in [7, 11) is 1.57. The molecule has 124 valence electrons. The van der Waals surface area contributed by atoms with Gasteiger partial charge in [0.05, 0.1) is 13.0 Å². The first-order valence-corrected chi connectivity index (χ1v) is 8.27. The van der Waals surface area contributed by atoms with Crippen LogP contribution in [0.4, 0.5) is 5.69 Å². The summed E-state index contributed by atoms with van der Waals surface area (Å²) in [6.45, 7) is 6.06. The first-order chi connectivity index (χ1) is 11.0. The first-order valence-electron chi connectivity index (χ1n) is 8.27. The third kappa shape index (κ3) is 4.06. The van der Waals surface area contributed by atoms with Gasteiger partial charge in [-0.05, 0) is 30.5 Å². The van der Waals surface area contributed by atoms with Crippen molar-refractivity contribution in [3.05, 3.63) is 23.8 Å². The Hall–Kier alpha value is -1.97. The average Bonchev–Trinajstić information content (AvgIpc) is 2.87. The Labute approximate surface area is 138 Å². The van der Waals surface area contributed by atoms with Gasteiger partial charge in [0.1, 0.15) is 17.2 Å². The van der Waals surface area contributed by atoms with Crippen LogP contribution in [0.5, 0.6) is 5.75 Å². The van der Waals surface area contributed by atoms with Gasteiger partial charge in [0.2, 0.25) is 0 Å². The highest BCUT2D eigenvalue weighted by atomic mass is 16.5. The number of ether oxygens (including phenoxy) is 1. The van der Waals surface area contributed by atoms with E-state index in [2.05, 4.69) is 18.8 Å². The lowest BCUT2D eigenvalue weighted by atomic mass is 9.97. The molecule has 0 radical (unpaired) electrons. The van der Waals surface area contributed by atoms with Gasteiger partial charge in [-0.1, -0.05) is 27.2 Å². The maximum absolute atomic E-state index is 12.3. The van der Waals surface area contributed by atoms with Gasteiger partial charge in [-0.2, -0.15) is 0 Å². The maximum atomic E-state index is 12.3. The van der Waals surface area contributed by atoms with Crippen LogP contribution in [0.15, 0.2) is 23.2 Å².